The smallest absolute Gasteiger partial charge is 0.288 e. The quantitative estimate of drug-likeness (QED) is 0.366. The molecule has 2 aromatic rings. The third kappa shape index (κ3) is 5.58. The normalized spacial score (nSPS) is 15.2. The Bertz CT molecular complexity index is 1150. The van der Waals surface area contributed by atoms with Gasteiger partial charge in [0.25, 0.3) is 11.6 Å². The van der Waals surface area contributed by atoms with Gasteiger partial charge >= 0.3 is 0 Å². The molecule has 1 amide bonds. The van der Waals surface area contributed by atoms with Crippen molar-refractivity contribution in [2.24, 2.45) is 0 Å². The lowest BCUT2D eigenvalue weighted by Crippen LogP contribution is -2.46. The maximum atomic E-state index is 12.8. The topological polar surface area (TPSA) is 125 Å². The van der Waals surface area contributed by atoms with Crippen LogP contribution in [0.25, 0.3) is 0 Å². The van der Waals surface area contributed by atoms with Crippen molar-refractivity contribution < 1.29 is 18.1 Å². The number of halogens is 1. The maximum Gasteiger partial charge on any atom is 0.288 e. The Morgan fingerprint density at radius 1 is 1.12 bits per heavy atom. The minimum absolute atomic E-state index is 0.0128. The molecule has 0 aromatic heterocycles. The zero-order chi connectivity index (χ0) is 23.5. The molecule has 13 heteroatoms. The molecule has 2 N–H and O–H groups in total. The number of nitro benzene ring substituents is 1. The van der Waals surface area contributed by atoms with Gasteiger partial charge in [0.15, 0.2) is 5.11 Å². The minimum Gasteiger partial charge on any atom is -0.332 e. The fourth-order valence-electron chi connectivity index (χ4n) is 3.02. The molecule has 1 aliphatic rings. The first-order valence-electron chi connectivity index (χ1n) is 9.43. The van der Waals surface area contributed by atoms with E-state index >= 15 is 0 Å². The van der Waals surface area contributed by atoms with Crippen LogP contribution in [0.1, 0.15) is 10.4 Å². The van der Waals surface area contributed by atoms with Crippen LogP contribution in [0.3, 0.4) is 0 Å². The Balaban J connectivity index is 1.63. The zero-order valence-corrected chi connectivity index (χ0v) is 19.3. The van der Waals surface area contributed by atoms with Crippen LogP contribution in [0.5, 0.6) is 0 Å². The lowest BCUT2D eigenvalue weighted by Gasteiger charge is -2.31. The zero-order valence-electron chi connectivity index (χ0n) is 16.9. The molecule has 0 aliphatic carbocycles. The molecule has 10 nitrogen and oxygen atoms in total. The van der Waals surface area contributed by atoms with E-state index in [1.807, 2.05) is 7.05 Å². The van der Waals surface area contributed by atoms with Crippen molar-refractivity contribution in [3.05, 3.63) is 63.2 Å². The highest BCUT2D eigenvalue weighted by atomic mass is 35.5. The van der Waals surface area contributed by atoms with Gasteiger partial charge in [0.2, 0.25) is 10.0 Å². The highest BCUT2D eigenvalue weighted by Crippen LogP contribution is 2.25. The van der Waals surface area contributed by atoms with E-state index < -0.39 is 26.5 Å². The standard InChI is InChI=1S/C19H20ClN5O5S2/c1-23-8-10-24(11-9-23)32(29,30)15-5-3-14(4-6-15)21-19(31)22-18(26)13-2-7-16(20)17(12-13)25(27)28/h2-7,12H,8-11H2,1H3,(H2,21,22,26,31). The number of carbonyl (C=O) groups is 1. The Labute approximate surface area is 195 Å². The van der Waals surface area contributed by atoms with Crippen LogP contribution < -0.4 is 10.6 Å². The second-order valence-electron chi connectivity index (χ2n) is 7.06. The lowest BCUT2D eigenvalue weighted by atomic mass is 10.2. The predicted molar refractivity (Wildman–Crippen MR) is 124 cm³/mol. The van der Waals surface area contributed by atoms with Crippen LogP contribution >= 0.6 is 23.8 Å². The number of rotatable bonds is 5. The molecule has 0 spiro atoms. The maximum absolute atomic E-state index is 12.8. The van der Waals surface area contributed by atoms with E-state index in [9.17, 15) is 23.3 Å². The summed E-state index contributed by atoms with van der Waals surface area (Å²) in [6.07, 6.45) is 0. The highest BCUT2D eigenvalue weighted by Gasteiger charge is 2.27. The van der Waals surface area contributed by atoms with Crippen molar-refractivity contribution >= 4 is 56.2 Å². The summed E-state index contributed by atoms with van der Waals surface area (Å²) < 4.78 is 27.0. The number of nitrogens with one attached hydrogen (secondary N) is 2. The molecule has 0 radical (unpaired) electrons. The molecular formula is C19H20ClN5O5S2. The van der Waals surface area contributed by atoms with Gasteiger partial charge in [0, 0.05) is 43.5 Å². The van der Waals surface area contributed by atoms with Gasteiger partial charge in [0.05, 0.1) is 9.82 Å². The molecule has 1 aliphatic heterocycles. The Morgan fingerprint density at radius 2 is 1.75 bits per heavy atom. The highest BCUT2D eigenvalue weighted by molar-refractivity contribution is 7.89. The number of anilines is 1. The van der Waals surface area contributed by atoms with Crippen molar-refractivity contribution in [3.8, 4) is 0 Å². The number of thiocarbonyl (C=S) groups is 1. The lowest BCUT2D eigenvalue weighted by molar-refractivity contribution is -0.384. The molecule has 0 bridgehead atoms. The van der Waals surface area contributed by atoms with Gasteiger partial charge in [-0.15, -0.1) is 0 Å². The second kappa shape index (κ2) is 9.88. The van der Waals surface area contributed by atoms with Gasteiger partial charge < -0.3 is 10.2 Å². The predicted octanol–water partition coefficient (Wildman–Crippen LogP) is 2.31. The summed E-state index contributed by atoms with van der Waals surface area (Å²) >= 11 is 10.9. The van der Waals surface area contributed by atoms with E-state index in [0.29, 0.717) is 31.9 Å². The summed E-state index contributed by atoms with van der Waals surface area (Å²) in [7, 11) is -1.65. The number of carbonyl (C=O) groups excluding carboxylic acids is 1. The Morgan fingerprint density at radius 3 is 2.34 bits per heavy atom. The van der Waals surface area contributed by atoms with Crippen molar-refractivity contribution in [1.82, 2.24) is 14.5 Å². The van der Waals surface area contributed by atoms with E-state index in [1.54, 1.807) is 0 Å². The average Bonchev–Trinajstić information content (AvgIpc) is 2.74. The fraction of sp³-hybridized carbons (Fsp3) is 0.263. The molecule has 0 saturated carbocycles. The number of nitrogens with zero attached hydrogens (tertiary/aromatic N) is 3. The largest absolute Gasteiger partial charge is 0.332 e. The van der Waals surface area contributed by atoms with Crippen LogP contribution in [-0.4, -0.2) is 66.8 Å². The summed E-state index contributed by atoms with van der Waals surface area (Å²) in [6, 6.07) is 9.64. The van der Waals surface area contributed by atoms with Crippen molar-refractivity contribution in [2.45, 2.75) is 4.90 Å². The van der Waals surface area contributed by atoms with Crippen molar-refractivity contribution in [1.29, 1.82) is 0 Å². The molecule has 170 valence electrons. The summed E-state index contributed by atoms with van der Waals surface area (Å²) in [5, 5.41) is 16.0. The fourth-order valence-corrected chi connectivity index (χ4v) is 4.84. The van der Waals surface area contributed by atoms with Gasteiger partial charge in [-0.05, 0) is 55.7 Å². The summed E-state index contributed by atoms with van der Waals surface area (Å²) in [6.45, 7) is 2.20. The van der Waals surface area contributed by atoms with E-state index in [4.69, 9.17) is 23.8 Å². The molecule has 2 aromatic carbocycles. The van der Waals surface area contributed by atoms with Gasteiger partial charge in [-0.2, -0.15) is 4.31 Å². The first kappa shape index (κ1) is 24.0. The van der Waals surface area contributed by atoms with Gasteiger partial charge in [-0.1, -0.05) is 11.6 Å². The van der Waals surface area contributed by atoms with E-state index in [0.717, 1.165) is 6.07 Å². The Hall–Kier alpha value is -2.64. The number of benzene rings is 2. The second-order valence-corrected chi connectivity index (χ2v) is 9.82. The van der Waals surface area contributed by atoms with E-state index in [1.165, 1.54) is 40.7 Å². The molecule has 1 saturated heterocycles. The monoisotopic (exact) mass is 497 g/mol. The third-order valence-electron chi connectivity index (χ3n) is 4.84. The van der Waals surface area contributed by atoms with Crippen LogP contribution in [-0.2, 0) is 10.0 Å². The molecule has 32 heavy (non-hydrogen) atoms. The number of hydrogen-bond acceptors (Lipinski definition) is 7. The van der Waals surface area contributed by atoms with Crippen molar-refractivity contribution in [2.75, 3.05) is 38.5 Å². The summed E-state index contributed by atoms with van der Waals surface area (Å²) in [5.74, 6) is -0.656. The number of hydrogen-bond donors (Lipinski definition) is 2. The van der Waals surface area contributed by atoms with E-state index in [-0.39, 0.29) is 20.6 Å². The van der Waals surface area contributed by atoms with Crippen LogP contribution in [0.2, 0.25) is 5.02 Å². The average molecular weight is 498 g/mol. The first-order chi connectivity index (χ1) is 15.1. The number of likely N-dealkylation sites (N-methyl/N-ethyl adjacent to an activating group) is 1. The number of amides is 1. The van der Waals surface area contributed by atoms with Crippen LogP contribution in [0, 0.1) is 10.1 Å². The van der Waals surface area contributed by atoms with Gasteiger partial charge in [0.1, 0.15) is 5.02 Å². The first-order valence-corrected chi connectivity index (χ1v) is 11.7. The molecule has 0 unspecified atom stereocenters. The van der Waals surface area contributed by atoms with Gasteiger partial charge in [-0.3, -0.25) is 20.2 Å². The molecule has 1 fully saturated rings. The SMILES string of the molecule is CN1CCN(S(=O)(=O)c2ccc(NC(=S)NC(=O)c3ccc(Cl)c([N+](=O)[O-])c3)cc2)CC1. The van der Waals surface area contributed by atoms with Crippen molar-refractivity contribution in [3.63, 3.8) is 0 Å². The minimum atomic E-state index is -3.59. The molecule has 1 heterocycles. The number of nitro groups is 1. The summed E-state index contributed by atoms with van der Waals surface area (Å²) in [4.78, 5) is 24.8. The number of piperazine rings is 1. The molecule has 3 rings (SSSR count). The molecule has 0 atom stereocenters. The van der Waals surface area contributed by atoms with Gasteiger partial charge in [-0.25, -0.2) is 8.42 Å². The summed E-state index contributed by atoms with van der Waals surface area (Å²) in [5.41, 5.74) is 0.0870. The Kier molecular flexibility index (Phi) is 7.41. The van der Waals surface area contributed by atoms with E-state index in [2.05, 4.69) is 15.5 Å². The van der Waals surface area contributed by atoms with Crippen LogP contribution in [0.4, 0.5) is 11.4 Å². The molecular weight excluding hydrogens is 478 g/mol. The van der Waals surface area contributed by atoms with Crippen LogP contribution in [0.15, 0.2) is 47.4 Å². The number of sulfonamides is 1. The third-order valence-corrected chi connectivity index (χ3v) is 7.28.